The molecule has 2 rings (SSSR count). The van der Waals surface area contributed by atoms with Crippen LogP contribution in [0.15, 0.2) is 48.5 Å². The van der Waals surface area contributed by atoms with E-state index in [2.05, 4.69) is 5.32 Å². The maximum Gasteiger partial charge on any atom is 0.255 e. The molecular weight excluding hydrogens is 290 g/mol. The van der Waals surface area contributed by atoms with Crippen molar-refractivity contribution in [1.29, 1.82) is 0 Å². The summed E-state index contributed by atoms with van der Waals surface area (Å²) in [6.07, 6.45) is 0.117. The zero-order valence-corrected chi connectivity index (χ0v) is 13.8. The molecule has 0 aliphatic rings. The summed E-state index contributed by atoms with van der Waals surface area (Å²) < 4.78 is 11.3. The van der Waals surface area contributed by atoms with Gasteiger partial charge in [-0.05, 0) is 51.1 Å². The van der Waals surface area contributed by atoms with E-state index in [-0.39, 0.29) is 12.0 Å². The van der Waals surface area contributed by atoms with E-state index in [1.54, 1.807) is 6.07 Å². The Hall–Kier alpha value is -2.33. The number of rotatable bonds is 7. The fraction of sp³-hybridized carbons (Fsp3) is 0.316. The minimum Gasteiger partial charge on any atom is -0.494 e. The van der Waals surface area contributed by atoms with E-state index in [4.69, 9.17) is 9.47 Å². The summed E-state index contributed by atoms with van der Waals surface area (Å²) in [5, 5.41) is 2.88. The first kappa shape index (κ1) is 17.0. The topological polar surface area (TPSA) is 47.6 Å². The highest BCUT2D eigenvalue weighted by Gasteiger charge is 2.11. The Balaban J connectivity index is 2.17. The Morgan fingerprint density at radius 2 is 1.87 bits per heavy atom. The van der Waals surface area contributed by atoms with Gasteiger partial charge in [0.1, 0.15) is 5.75 Å². The van der Waals surface area contributed by atoms with Crippen LogP contribution < -0.4 is 10.1 Å². The molecule has 0 saturated heterocycles. The van der Waals surface area contributed by atoms with Crippen molar-refractivity contribution in [2.45, 2.75) is 33.5 Å². The number of hydrogen-bond donors (Lipinski definition) is 1. The van der Waals surface area contributed by atoms with Crippen molar-refractivity contribution in [2.24, 2.45) is 0 Å². The molecule has 0 aromatic heterocycles. The number of hydrogen-bond acceptors (Lipinski definition) is 3. The van der Waals surface area contributed by atoms with Crippen LogP contribution in [0.2, 0.25) is 0 Å². The van der Waals surface area contributed by atoms with Gasteiger partial charge in [0.25, 0.3) is 5.91 Å². The van der Waals surface area contributed by atoms with Gasteiger partial charge in [-0.3, -0.25) is 4.79 Å². The van der Waals surface area contributed by atoms with E-state index in [0.29, 0.717) is 18.8 Å². The van der Waals surface area contributed by atoms with Gasteiger partial charge in [-0.25, -0.2) is 0 Å². The van der Waals surface area contributed by atoms with Gasteiger partial charge >= 0.3 is 0 Å². The Bertz CT molecular complexity index is 638. The van der Waals surface area contributed by atoms with Crippen molar-refractivity contribution in [1.82, 2.24) is 0 Å². The van der Waals surface area contributed by atoms with E-state index >= 15 is 0 Å². The SMILES string of the molecule is CCOc1ccc(C(=O)Nc2ccccc2)cc1COC(C)C. The fourth-order valence-corrected chi connectivity index (χ4v) is 2.11. The highest BCUT2D eigenvalue weighted by Crippen LogP contribution is 2.22. The standard InChI is InChI=1S/C19H23NO3/c1-4-22-18-11-10-15(12-16(18)13-23-14(2)3)19(21)20-17-8-6-5-7-9-17/h5-12,14H,4,13H2,1-3H3,(H,20,21). The van der Waals surface area contributed by atoms with Crippen LogP contribution in [-0.2, 0) is 11.3 Å². The number of amides is 1. The molecule has 2 aromatic carbocycles. The molecule has 0 spiro atoms. The molecule has 4 nitrogen and oxygen atoms in total. The van der Waals surface area contributed by atoms with Crippen LogP contribution >= 0.6 is 0 Å². The summed E-state index contributed by atoms with van der Waals surface area (Å²) in [6, 6.07) is 14.8. The minimum atomic E-state index is -0.148. The third-order valence-corrected chi connectivity index (χ3v) is 3.23. The molecule has 0 bridgehead atoms. The van der Waals surface area contributed by atoms with Crippen molar-refractivity contribution in [3.05, 3.63) is 59.7 Å². The van der Waals surface area contributed by atoms with Crippen LogP contribution in [0.5, 0.6) is 5.75 Å². The molecule has 1 N–H and O–H groups in total. The van der Waals surface area contributed by atoms with Gasteiger partial charge in [0.15, 0.2) is 0 Å². The molecule has 122 valence electrons. The van der Waals surface area contributed by atoms with Crippen LogP contribution in [0.25, 0.3) is 0 Å². The van der Waals surface area contributed by atoms with Gasteiger partial charge in [-0.1, -0.05) is 18.2 Å². The lowest BCUT2D eigenvalue weighted by molar-refractivity contribution is 0.0641. The van der Waals surface area contributed by atoms with Crippen LogP contribution in [0.4, 0.5) is 5.69 Å². The van der Waals surface area contributed by atoms with Crippen LogP contribution in [0.3, 0.4) is 0 Å². The van der Waals surface area contributed by atoms with E-state index in [0.717, 1.165) is 17.0 Å². The molecule has 2 aromatic rings. The van der Waals surface area contributed by atoms with Crippen LogP contribution in [0, 0.1) is 0 Å². The number of benzene rings is 2. The van der Waals surface area contributed by atoms with Crippen molar-refractivity contribution >= 4 is 11.6 Å². The molecular formula is C19H23NO3. The Labute approximate surface area is 137 Å². The van der Waals surface area contributed by atoms with Gasteiger partial charge in [-0.15, -0.1) is 0 Å². The summed E-state index contributed by atoms with van der Waals surface area (Å²) in [7, 11) is 0. The maximum absolute atomic E-state index is 12.4. The van der Waals surface area contributed by atoms with Crippen molar-refractivity contribution in [2.75, 3.05) is 11.9 Å². The molecule has 0 aliphatic carbocycles. The fourth-order valence-electron chi connectivity index (χ4n) is 2.11. The number of carbonyl (C=O) groups is 1. The highest BCUT2D eigenvalue weighted by atomic mass is 16.5. The number of para-hydroxylation sites is 1. The summed E-state index contributed by atoms with van der Waals surface area (Å²) >= 11 is 0. The molecule has 0 saturated carbocycles. The molecule has 0 aliphatic heterocycles. The van der Waals surface area contributed by atoms with Gasteiger partial charge in [0, 0.05) is 16.8 Å². The van der Waals surface area contributed by atoms with Crippen molar-refractivity contribution in [3.8, 4) is 5.75 Å². The summed E-state index contributed by atoms with van der Waals surface area (Å²) in [5.74, 6) is 0.606. The zero-order valence-electron chi connectivity index (χ0n) is 13.8. The lowest BCUT2D eigenvalue weighted by Crippen LogP contribution is -2.13. The van der Waals surface area contributed by atoms with E-state index in [9.17, 15) is 4.79 Å². The second-order valence-electron chi connectivity index (χ2n) is 5.44. The molecule has 0 heterocycles. The Kier molecular flexibility index (Phi) is 6.18. The smallest absolute Gasteiger partial charge is 0.255 e. The number of anilines is 1. The number of ether oxygens (including phenoxy) is 2. The first-order chi connectivity index (χ1) is 11.1. The third kappa shape index (κ3) is 5.11. The molecule has 4 heteroatoms. The normalized spacial score (nSPS) is 10.6. The number of nitrogens with one attached hydrogen (secondary N) is 1. The third-order valence-electron chi connectivity index (χ3n) is 3.23. The highest BCUT2D eigenvalue weighted by molar-refractivity contribution is 6.04. The average Bonchev–Trinajstić information content (AvgIpc) is 2.55. The molecule has 0 atom stereocenters. The lowest BCUT2D eigenvalue weighted by Gasteiger charge is -2.14. The van der Waals surface area contributed by atoms with Crippen molar-refractivity contribution < 1.29 is 14.3 Å². The molecule has 0 fully saturated rings. The van der Waals surface area contributed by atoms with E-state index in [1.807, 2.05) is 63.2 Å². The monoisotopic (exact) mass is 313 g/mol. The molecule has 0 unspecified atom stereocenters. The van der Waals surface area contributed by atoms with Gasteiger partial charge in [-0.2, -0.15) is 0 Å². The lowest BCUT2D eigenvalue weighted by atomic mass is 10.1. The summed E-state index contributed by atoms with van der Waals surface area (Å²) in [6.45, 7) is 6.88. The van der Waals surface area contributed by atoms with Crippen LogP contribution in [0.1, 0.15) is 36.7 Å². The van der Waals surface area contributed by atoms with E-state index < -0.39 is 0 Å². The number of carbonyl (C=O) groups excluding carboxylic acids is 1. The molecule has 1 amide bonds. The zero-order chi connectivity index (χ0) is 16.7. The minimum absolute atomic E-state index is 0.117. The first-order valence-electron chi connectivity index (χ1n) is 7.84. The van der Waals surface area contributed by atoms with E-state index in [1.165, 1.54) is 0 Å². The van der Waals surface area contributed by atoms with Gasteiger partial charge in [0.2, 0.25) is 0 Å². The Morgan fingerprint density at radius 3 is 2.52 bits per heavy atom. The second kappa shape index (κ2) is 8.34. The second-order valence-corrected chi connectivity index (χ2v) is 5.44. The molecule has 0 radical (unpaired) electrons. The van der Waals surface area contributed by atoms with Gasteiger partial charge in [0.05, 0.1) is 19.3 Å². The Morgan fingerprint density at radius 1 is 1.13 bits per heavy atom. The average molecular weight is 313 g/mol. The quantitative estimate of drug-likeness (QED) is 0.830. The summed E-state index contributed by atoms with van der Waals surface area (Å²) in [5.41, 5.74) is 2.23. The first-order valence-corrected chi connectivity index (χ1v) is 7.84. The van der Waals surface area contributed by atoms with Gasteiger partial charge < -0.3 is 14.8 Å². The maximum atomic E-state index is 12.4. The molecule has 23 heavy (non-hydrogen) atoms. The summed E-state index contributed by atoms with van der Waals surface area (Å²) in [4.78, 5) is 12.4. The van der Waals surface area contributed by atoms with Crippen molar-refractivity contribution in [3.63, 3.8) is 0 Å². The predicted molar refractivity (Wildman–Crippen MR) is 91.9 cm³/mol. The predicted octanol–water partition coefficient (Wildman–Crippen LogP) is 4.26. The largest absolute Gasteiger partial charge is 0.494 e. The van der Waals surface area contributed by atoms with Crippen LogP contribution in [-0.4, -0.2) is 18.6 Å².